The van der Waals surface area contributed by atoms with E-state index in [2.05, 4.69) is 25.7 Å². The molecule has 0 fully saturated rings. The predicted molar refractivity (Wildman–Crippen MR) is 119 cm³/mol. The maximum atomic E-state index is 13.7. The number of hydrogen-bond donors (Lipinski definition) is 2. The van der Waals surface area contributed by atoms with E-state index < -0.39 is 35.2 Å². The first kappa shape index (κ1) is 24.1. The molecule has 4 rings (SSSR count). The smallest absolute Gasteiger partial charge is 0.354 e. The number of hydrogen-bond acceptors (Lipinski definition) is 5. The molecule has 2 amide bonds. The number of fused-ring (bicyclic) bond motifs is 1. The Morgan fingerprint density at radius 1 is 1.11 bits per heavy atom. The number of amides is 2. The van der Waals surface area contributed by atoms with Crippen LogP contribution in [-0.4, -0.2) is 38.6 Å². The van der Waals surface area contributed by atoms with Crippen LogP contribution in [0, 0.1) is 12.7 Å². The lowest BCUT2D eigenvalue weighted by atomic mass is 10.1. The van der Waals surface area contributed by atoms with Crippen molar-refractivity contribution in [3.05, 3.63) is 76.1 Å². The minimum absolute atomic E-state index is 0.0463. The lowest BCUT2D eigenvalue weighted by Gasteiger charge is -2.15. The van der Waals surface area contributed by atoms with Crippen molar-refractivity contribution in [1.82, 2.24) is 25.1 Å². The van der Waals surface area contributed by atoms with Crippen LogP contribution in [0.4, 0.5) is 23.2 Å². The summed E-state index contributed by atoms with van der Waals surface area (Å²) in [4.78, 5) is 33.8. The van der Waals surface area contributed by atoms with E-state index in [4.69, 9.17) is 11.6 Å². The first-order valence-corrected chi connectivity index (χ1v) is 10.3. The topological polar surface area (TPSA) is 102 Å². The van der Waals surface area contributed by atoms with E-state index >= 15 is 0 Å². The van der Waals surface area contributed by atoms with Crippen molar-refractivity contribution in [2.24, 2.45) is 0 Å². The molecular weight excluding hydrogens is 492 g/mol. The number of pyridine rings is 2. The number of nitrogens with zero attached hydrogens (tertiary/aromatic N) is 4. The van der Waals surface area contributed by atoms with Gasteiger partial charge in [-0.3, -0.25) is 9.59 Å². The van der Waals surface area contributed by atoms with Crippen LogP contribution in [0.15, 0.2) is 42.6 Å². The van der Waals surface area contributed by atoms with Gasteiger partial charge in [-0.15, -0.1) is 0 Å². The second-order valence-electron chi connectivity index (χ2n) is 7.29. The molecule has 4 aromatic rings. The highest BCUT2D eigenvalue weighted by atomic mass is 35.5. The Labute approximate surface area is 199 Å². The quantitative estimate of drug-likeness (QED) is 0.395. The summed E-state index contributed by atoms with van der Waals surface area (Å²) in [5.41, 5.74) is -1.71. The fourth-order valence-corrected chi connectivity index (χ4v) is 3.59. The van der Waals surface area contributed by atoms with Crippen molar-refractivity contribution >= 4 is 40.0 Å². The van der Waals surface area contributed by atoms with Gasteiger partial charge in [-0.1, -0.05) is 11.6 Å². The molecule has 0 aliphatic carbocycles. The fraction of sp³-hybridized carbons (Fsp3) is 0.136. The maximum Gasteiger partial charge on any atom is 0.435 e. The van der Waals surface area contributed by atoms with Gasteiger partial charge in [0.05, 0.1) is 16.2 Å². The molecule has 8 nitrogen and oxygen atoms in total. The van der Waals surface area contributed by atoms with Gasteiger partial charge in [0.15, 0.2) is 17.2 Å². The Morgan fingerprint density at radius 3 is 2.51 bits per heavy atom. The third-order valence-electron chi connectivity index (χ3n) is 5.06. The van der Waals surface area contributed by atoms with E-state index in [0.29, 0.717) is 21.7 Å². The summed E-state index contributed by atoms with van der Waals surface area (Å²) in [6.07, 6.45) is -3.59. The van der Waals surface area contributed by atoms with Crippen molar-refractivity contribution in [3.63, 3.8) is 0 Å². The predicted octanol–water partition coefficient (Wildman–Crippen LogP) is 4.55. The average molecular weight is 507 g/mol. The number of nitrogens with one attached hydrogen (secondary N) is 2. The lowest BCUT2D eigenvalue weighted by molar-refractivity contribution is -0.141. The van der Waals surface area contributed by atoms with Crippen LogP contribution in [0.1, 0.15) is 32.2 Å². The Hall–Kier alpha value is -4.06. The highest BCUT2D eigenvalue weighted by molar-refractivity contribution is 6.32. The van der Waals surface area contributed by atoms with Gasteiger partial charge in [-0.2, -0.15) is 18.3 Å². The number of carbonyl (C=O) groups excluding carboxylic acids is 2. The van der Waals surface area contributed by atoms with Gasteiger partial charge in [0, 0.05) is 30.8 Å². The molecule has 180 valence electrons. The molecule has 0 radical (unpaired) electrons. The molecule has 0 saturated carbocycles. The van der Waals surface area contributed by atoms with Gasteiger partial charge >= 0.3 is 6.18 Å². The monoisotopic (exact) mass is 506 g/mol. The molecule has 3 aromatic heterocycles. The number of carbonyl (C=O) groups is 2. The van der Waals surface area contributed by atoms with E-state index in [9.17, 15) is 27.2 Å². The minimum atomic E-state index is -4.86. The van der Waals surface area contributed by atoms with E-state index in [1.54, 1.807) is 6.92 Å². The second kappa shape index (κ2) is 8.95. The highest BCUT2D eigenvalue weighted by Gasteiger charge is 2.37. The summed E-state index contributed by atoms with van der Waals surface area (Å²) in [5.74, 6) is -2.52. The number of benzene rings is 1. The molecule has 35 heavy (non-hydrogen) atoms. The molecule has 3 heterocycles. The van der Waals surface area contributed by atoms with E-state index in [0.717, 1.165) is 6.07 Å². The molecule has 13 heteroatoms. The molecular formula is C22H15ClF4N6O2. The van der Waals surface area contributed by atoms with Gasteiger partial charge in [0.25, 0.3) is 11.8 Å². The molecule has 0 aliphatic rings. The van der Waals surface area contributed by atoms with Gasteiger partial charge in [-0.25, -0.2) is 19.0 Å². The van der Waals surface area contributed by atoms with Gasteiger partial charge < -0.3 is 10.6 Å². The van der Waals surface area contributed by atoms with Crippen LogP contribution in [0.25, 0.3) is 16.7 Å². The normalized spacial score (nSPS) is 11.5. The zero-order chi connectivity index (χ0) is 25.5. The maximum absolute atomic E-state index is 13.7. The van der Waals surface area contributed by atoms with E-state index in [1.807, 2.05) is 0 Å². The van der Waals surface area contributed by atoms with Gasteiger partial charge in [-0.05, 0) is 36.8 Å². The molecule has 0 atom stereocenters. The Morgan fingerprint density at radius 2 is 1.86 bits per heavy atom. The number of aromatic nitrogens is 4. The first-order valence-electron chi connectivity index (χ1n) is 9.92. The summed E-state index contributed by atoms with van der Waals surface area (Å²) in [6, 6.07) is 7.09. The lowest BCUT2D eigenvalue weighted by Crippen LogP contribution is -2.25. The number of alkyl halides is 3. The van der Waals surface area contributed by atoms with Crippen LogP contribution in [0.3, 0.4) is 0 Å². The van der Waals surface area contributed by atoms with Crippen LogP contribution < -0.4 is 10.6 Å². The Bertz CT molecular complexity index is 1490. The van der Waals surface area contributed by atoms with Crippen molar-refractivity contribution in [3.8, 4) is 5.82 Å². The Balaban J connectivity index is 1.87. The van der Waals surface area contributed by atoms with Crippen LogP contribution in [0.5, 0.6) is 0 Å². The molecule has 0 spiro atoms. The van der Waals surface area contributed by atoms with E-state index in [1.165, 1.54) is 37.5 Å². The van der Waals surface area contributed by atoms with Crippen molar-refractivity contribution in [1.29, 1.82) is 0 Å². The third-order valence-corrected chi connectivity index (χ3v) is 5.36. The summed E-state index contributed by atoms with van der Waals surface area (Å²) in [5, 5.41) is 8.68. The number of halogens is 5. The van der Waals surface area contributed by atoms with Gasteiger partial charge in [0.1, 0.15) is 11.5 Å². The van der Waals surface area contributed by atoms with Crippen LogP contribution >= 0.6 is 11.6 Å². The molecule has 0 bridgehead atoms. The summed E-state index contributed by atoms with van der Waals surface area (Å²) in [7, 11) is 1.33. The Kier molecular flexibility index (Phi) is 6.15. The second-order valence-corrected chi connectivity index (χ2v) is 7.70. The van der Waals surface area contributed by atoms with Crippen molar-refractivity contribution in [2.75, 3.05) is 12.4 Å². The number of rotatable bonds is 4. The SMILES string of the molecule is CNC(=O)c1nc2cc(F)ccc2c(C)c1NC(=O)c1cc(C(F)(F)F)nn1-c1ncccc1Cl. The molecule has 0 aliphatic heterocycles. The van der Waals surface area contributed by atoms with Crippen LogP contribution in [0.2, 0.25) is 5.02 Å². The highest BCUT2D eigenvalue weighted by Crippen LogP contribution is 2.32. The standard InChI is InChI=1S/C22H15ClF4N6O2/c1-10-12-6-5-11(24)8-14(12)30-18(21(35)28-2)17(10)31-20(34)15-9-16(22(25,26)27)32-33(15)19-13(23)4-3-7-29-19/h3-9H,1-2H3,(H,28,35)(H,31,34). The summed E-state index contributed by atoms with van der Waals surface area (Å²) < 4.78 is 54.7. The average Bonchev–Trinajstić information content (AvgIpc) is 3.26. The largest absolute Gasteiger partial charge is 0.435 e. The summed E-state index contributed by atoms with van der Waals surface area (Å²) >= 11 is 6.08. The number of aryl methyl sites for hydroxylation is 1. The molecule has 1 aromatic carbocycles. The minimum Gasteiger partial charge on any atom is -0.354 e. The van der Waals surface area contributed by atoms with Crippen molar-refractivity contribution < 1.29 is 27.2 Å². The van der Waals surface area contributed by atoms with Gasteiger partial charge in [0.2, 0.25) is 0 Å². The summed E-state index contributed by atoms with van der Waals surface area (Å²) in [6.45, 7) is 1.55. The zero-order valence-corrected chi connectivity index (χ0v) is 18.8. The molecule has 2 N–H and O–H groups in total. The zero-order valence-electron chi connectivity index (χ0n) is 18.0. The van der Waals surface area contributed by atoms with Crippen LogP contribution in [-0.2, 0) is 6.18 Å². The van der Waals surface area contributed by atoms with E-state index in [-0.39, 0.29) is 27.7 Å². The third kappa shape index (κ3) is 4.52. The molecule has 0 unspecified atom stereocenters. The fourth-order valence-electron chi connectivity index (χ4n) is 3.39. The molecule has 0 saturated heterocycles. The number of anilines is 1. The first-order chi connectivity index (χ1) is 16.5. The van der Waals surface area contributed by atoms with Crippen molar-refractivity contribution in [2.45, 2.75) is 13.1 Å².